The molecule has 0 amide bonds. The molecule has 0 aliphatic carbocycles. The highest BCUT2D eigenvalue weighted by atomic mass is 16.5. The van der Waals surface area contributed by atoms with Crippen molar-refractivity contribution in [3.63, 3.8) is 0 Å². The Kier molecular flexibility index (Phi) is 1.71. The van der Waals surface area contributed by atoms with Crippen molar-refractivity contribution in [3.8, 4) is 0 Å². The maximum Gasteiger partial charge on any atom is 0.167 e. The third-order valence-corrected chi connectivity index (χ3v) is 2.27. The van der Waals surface area contributed by atoms with E-state index in [-0.39, 0.29) is 5.54 Å². The summed E-state index contributed by atoms with van der Waals surface area (Å²) in [4.78, 5) is 0. The third-order valence-electron chi connectivity index (χ3n) is 2.27. The average Bonchev–Trinajstić information content (AvgIpc) is 2.10. The number of nitrogens with zero attached hydrogens (tertiary/aromatic N) is 1. The molecule has 1 aliphatic rings. The molecule has 0 fully saturated rings. The molecule has 0 aromatic rings. The average molecular weight is 141 g/mol. The summed E-state index contributed by atoms with van der Waals surface area (Å²) in [5.41, 5.74) is 0.927. The molecular formula is C8H15NO. The van der Waals surface area contributed by atoms with Crippen molar-refractivity contribution in [1.82, 2.24) is 0 Å². The van der Waals surface area contributed by atoms with Crippen LogP contribution in [0.1, 0.15) is 40.0 Å². The molecule has 0 aromatic carbocycles. The fraction of sp³-hybridized carbons (Fsp3) is 0.875. The zero-order chi connectivity index (χ0) is 7.78. The summed E-state index contributed by atoms with van der Waals surface area (Å²) >= 11 is 0. The van der Waals surface area contributed by atoms with Crippen molar-refractivity contribution in [3.05, 3.63) is 5.21 Å². The van der Waals surface area contributed by atoms with Gasteiger partial charge < -0.3 is 5.21 Å². The van der Waals surface area contributed by atoms with E-state index in [0.717, 1.165) is 25.0 Å². The fourth-order valence-corrected chi connectivity index (χ4v) is 1.40. The molecular weight excluding hydrogens is 126 g/mol. The number of rotatable bonds is 1. The van der Waals surface area contributed by atoms with Crippen molar-refractivity contribution < 1.29 is 4.74 Å². The van der Waals surface area contributed by atoms with Gasteiger partial charge in [0.2, 0.25) is 0 Å². The molecule has 0 saturated carbocycles. The second kappa shape index (κ2) is 2.26. The van der Waals surface area contributed by atoms with Crippen LogP contribution in [0.5, 0.6) is 0 Å². The highest BCUT2D eigenvalue weighted by Crippen LogP contribution is 2.24. The number of hydrogen-bond acceptors (Lipinski definition) is 1. The molecule has 1 heterocycles. The van der Waals surface area contributed by atoms with Crippen LogP contribution in [-0.2, 0) is 0 Å². The summed E-state index contributed by atoms with van der Waals surface area (Å²) < 4.78 is 1.19. The monoisotopic (exact) mass is 141 g/mol. The quantitative estimate of drug-likeness (QED) is 0.404. The molecule has 2 nitrogen and oxygen atoms in total. The molecule has 2 heteroatoms. The lowest BCUT2D eigenvalue weighted by molar-refractivity contribution is -0.532. The van der Waals surface area contributed by atoms with Gasteiger partial charge in [0.05, 0.1) is 0 Å². The number of hydroxylamine groups is 1. The van der Waals surface area contributed by atoms with Crippen molar-refractivity contribution in [2.24, 2.45) is 0 Å². The van der Waals surface area contributed by atoms with E-state index < -0.39 is 0 Å². The highest BCUT2D eigenvalue weighted by Gasteiger charge is 2.35. The van der Waals surface area contributed by atoms with Gasteiger partial charge in [0.25, 0.3) is 0 Å². The van der Waals surface area contributed by atoms with Crippen LogP contribution in [0.15, 0.2) is 0 Å². The van der Waals surface area contributed by atoms with Crippen LogP contribution in [0.25, 0.3) is 0 Å². The van der Waals surface area contributed by atoms with Gasteiger partial charge in [0, 0.05) is 33.1 Å². The zero-order valence-corrected chi connectivity index (χ0v) is 6.98. The Morgan fingerprint density at radius 3 is 2.40 bits per heavy atom. The van der Waals surface area contributed by atoms with Crippen LogP contribution in [0.2, 0.25) is 0 Å². The molecule has 0 unspecified atom stereocenters. The molecule has 0 atom stereocenters. The van der Waals surface area contributed by atoms with Crippen LogP contribution in [0.3, 0.4) is 0 Å². The van der Waals surface area contributed by atoms with E-state index in [1.54, 1.807) is 0 Å². The van der Waals surface area contributed by atoms with E-state index in [0.29, 0.717) is 0 Å². The van der Waals surface area contributed by atoms with Crippen LogP contribution >= 0.6 is 0 Å². The smallest absolute Gasteiger partial charge is 0.167 e. The first-order valence-corrected chi connectivity index (χ1v) is 3.90. The van der Waals surface area contributed by atoms with Crippen LogP contribution < -0.4 is 0 Å². The Bertz CT molecular complexity index is 170. The van der Waals surface area contributed by atoms with E-state index in [4.69, 9.17) is 0 Å². The van der Waals surface area contributed by atoms with Gasteiger partial charge >= 0.3 is 0 Å². The molecule has 0 radical (unpaired) electrons. The van der Waals surface area contributed by atoms with Gasteiger partial charge in [0.1, 0.15) is 0 Å². The van der Waals surface area contributed by atoms with Crippen molar-refractivity contribution in [1.29, 1.82) is 0 Å². The van der Waals surface area contributed by atoms with Gasteiger partial charge in [-0.05, 0) is 0 Å². The summed E-state index contributed by atoms with van der Waals surface area (Å²) in [5.74, 6) is 0. The molecule has 0 bridgehead atoms. The van der Waals surface area contributed by atoms with E-state index in [2.05, 4.69) is 0 Å². The molecule has 1 rings (SSSR count). The molecule has 0 N–H and O–H groups in total. The first-order chi connectivity index (χ1) is 4.58. The van der Waals surface area contributed by atoms with Gasteiger partial charge in [-0.3, -0.25) is 0 Å². The standard InChI is InChI=1S/C8H15NO/c1-4-7-5-6-8(2,3)9(7)10/h4-6H2,1-3H3. The molecule has 58 valence electrons. The lowest BCUT2D eigenvalue weighted by Gasteiger charge is -2.17. The van der Waals surface area contributed by atoms with Gasteiger partial charge in [-0.25, -0.2) is 4.74 Å². The second-order valence-corrected chi connectivity index (χ2v) is 3.53. The lowest BCUT2D eigenvalue weighted by atomic mass is 10.0. The summed E-state index contributed by atoms with van der Waals surface area (Å²) in [6.07, 6.45) is 2.92. The second-order valence-electron chi connectivity index (χ2n) is 3.53. The molecule has 10 heavy (non-hydrogen) atoms. The summed E-state index contributed by atoms with van der Waals surface area (Å²) in [7, 11) is 0. The van der Waals surface area contributed by atoms with Crippen molar-refractivity contribution in [2.45, 2.75) is 45.6 Å². The van der Waals surface area contributed by atoms with Crippen molar-refractivity contribution >= 4 is 5.71 Å². The van der Waals surface area contributed by atoms with Gasteiger partial charge in [-0.1, -0.05) is 6.92 Å². The first-order valence-electron chi connectivity index (χ1n) is 3.90. The van der Waals surface area contributed by atoms with Gasteiger partial charge in [-0.15, -0.1) is 0 Å². The minimum atomic E-state index is -0.134. The van der Waals surface area contributed by atoms with E-state index in [1.165, 1.54) is 4.74 Å². The Hall–Kier alpha value is -0.530. The maximum atomic E-state index is 11.3. The summed E-state index contributed by atoms with van der Waals surface area (Å²) in [5, 5.41) is 11.3. The third kappa shape index (κ3) is 1.02. The van der Waals surface area contributed by atoms with Crippen LogP contribution in [0.4, 0.5) is 0 Å². The SMILES string of the molecule is CCC1=[N+]([O-])C(C)(C)CC1. The zero-order valence-electron chi connectivity index (χ0n) is 6.98. The predicted octanol–water partition coefficient (Wildman–Crippen LogP) is 1.92. The first kappa shape index (κ1) is 7.58. The molecule has 0 aromatic heterocycles. The topological polar surface area (TPSA) is 26.1 Å². The minimum absolute atomic E-state index is 0.134. The fourth-order valence-electron chi connectivity index (χ4n) is 1.40. The van der Waals surface area contributed by atoms with E-state index in [9.17, 15) is 5.21 Å². The largest absolute Gasteiger partial charge is 0.623 e. The Morgan fingerprint density at radius 2 is 2.20 bits per heavy atom. The van der Waals surface area contributed by atoms with E-state index in [1.807, 2.05) is 20.8 Å². The predicted molar refractivity (Wildman–Crippen MR) is 42.2 cm³/mol. The van der Waals surface area contributed by atoms with Gasteiger partial charge in [0.15, 0.2) is 11.3 Å². The lowest BCUT2D eigenvalue weighted by Crippen LogP contribution is -2.28. The highest BCUT2D eigenvalue weighted by molar-refractivity contribution is 5.80. The Labute approximate surface area is 62.1 Å². The van der Waals surface area contributed by atoms with Crippen molar-refractivity contribution in [2.75, 3.05) is 0 Å². The summed E-state index contributed by atoms with van der Waals surface area (Å²) in [6.45, 7) is 6.05. The molecule has 1 aliphatic heterocycles. The molecule has 0 saturated heterocycles. The van der Waals surface area contributed by atoms with Crippen LogP contribution in [0, 0.1) is 5.21 Å². The minimum Gasteiger partial charge on any atom is -0.623 e. The number of hydrogen-bond donors (Lipinski definition) is 0. The van der Waals surface area contributed by atoms with Gasteiger partial charge in [-0.2, -0.15) is 0 Å². The summed E-state index contributed by atoms with van der Waals surface area (Å²) in [6, 6.07) is 0. The van der Waals surface area contributed by atoms with Crippen LogP contribution in [-0.4, -0.2) is 16.0 Å². The Balaban J connectivity index is 2.84. The normalized spacial score (nSPS) is 23.9. The Morgan fingerprint density at radius 1 is 1.60 bits per heavy atom. The van der Waals surface area contributed by atoms with E-state index >= 15 is 0 Å². The molecule has 0 spiro atoms. The maximum absolute atomic E-state index is 11.3.